The summed E-state index contributed by atoms with van der Waals surface area (Å²) < 4.78 is 0. The van der Waals surface area contributed by atoms with Crippen molar-refractivity contribution in [2.45, 2.75) is 39.3 Å². The SMILES string of the molecule is CC(C)CC(C)NCC(O)c1ccc(C#N)cc1. The largest absolute Gasteiger partial charge is 0.387 e. The van der Waals surface area contributed by atoms with E-state index in [2.05, 4.69) is 32.2 Å². The molecule has 1 aromatic carbocycles. The third kappa shape index (κ3) is 4.87. The van der Waals surface area contributed by atoms with E-state index in [0.717, 1.165) is 12.0 Å². The van der Waals surface area contributed by atoms with Gasteiger partial charge < -0.3 is 10.4 Å². The first-order valence-corrected chi connectivity index (χ1v) is 6.44. The zero-order chi connectivity index (χ0) is 13.5. The Balaban J connectivity index is 2.45. The number of benzene rings is 1. The van der Waals surface area contributed by atoms with Crippen molar-refractivity contribution in [1.29, 1.82) is 5.26 Å². The third-order valence-corrected chi connectivity index (χ3v) is 2.91. The molecule has 0 heterocycles. The fourth-order valence-corrected chi connectivity index (χ4v) is 2.00. The Morgan fingerprint density at radius 1 is 1.22 bits per heavy atom. The smallest absolute Gasteiger partial charge is 0.0991 e. The van der Waals surface area contributed by atoms with Gasteiger partial charge >= 0.3 is 0 Å². The summed E-state index contributed by atoms with van der Waals surface area (Å²) in [4.78, 5) is 0. The maximum Gasteiger partial charge on any atom is 0.0991 e. The quantitative estimate of drug-likeness (QED) is 0.811. The summed E-state index contributed by atoms with van der Waals surface area (Å²) in [6, 6.07) is 9.54. The Morgan fingerprint density at radius 2 is 1.83 bits per heavy atom. The van der Waals surface area contributed by atoms with Gasteiger partial charge in [0.25, 0.3) is 0 Å². The van der Waals surface area contributed by atoms with E-state index in [1.807, 2.05) is 0 Å². The van der Waals surface area contributed by atoms with Crippen molar-refractivity contribution < 1.29 is 5.11 Å². The Kier molecular flexibility index (Phi) is 5.84. The standard InChI is InChI=1S/C15H22N2O/c1-11(2)8-12(3)17-10-15(18)14-6-4-13(9-16)5-7-14/h4-7,11-12,15,17-18H,8,10H2,1-3H3. The molecule has 18 heavy (non-hydrogen) atoms. The van der Waals surface area contributed by atoms with Gasteiger partial charge in [0.1, 0.15) is 0 Å². The number of nitriles is 1. The highest BCUT2D eigenvalue weighted by molar-refractivity contribution is 5.32. The Bertz CT molecular complexity index is 392. The van der Waals surface area contributed by atoms with Crippen LogP contribution in [0.4, 0.5) is 0 Å². The number of aliphatic hydroxyl groups is 1. The molecule has 1 aromatic rings. The molecule has 2 unspecified atom stereocenters. The van der Waals surface area contributed by atoms with Crippen molar-refractivity contribution in [1.82, 2.24) is 5.32 Å². The molecule has 0 aliphatic heterocycles. The van der Waals surface area contributed by atoms with E-state index in [0.29, 0.717) is 24.1 Å². The predicted octanol–water partition coefficient (Wildman–Crippen LogP) is 2.62. The monoisotopic (exact) mass is 246 g/mol. The van der Waals surface area contributed by atoms with Crippen LogP contribution in [0.2, 0.25) is 0 Å². The number of nitrogens with zero attached hydrogens (tertiary/aromatic N) is 1. The second-order valence-electron chi connectivity index (χ2n) is 5.19. The first-order valence-electron chi connectivity index (χ1n) is 6.44. The zero-order valence-electron chi connectivity index (χ0n) is 11.4. The molecule has 3 nitrogen and oxygen atoms in total. The van der Waals surface area contributed by atoms with Crippen molar-refractivity contribution in [2.75, 3.05) is 6.54 Å². The van der Waals surface area contributed by atoms with Crippen LogP contribution in [0.25, 0.3) is 0 Å². The van der Waals surface area contributed by atoms with Gasteiger partial charge in [-0.2, -0.15) is 5.26 Å². The van der Waals surface area contributed by atoms with Gasteiger partial charge in [0.15, 0.2) is 0 Å². The molecule has 98 valence electrons. The molecule has 0 saturated heterocycles. The van der Waals surface area contributed by atoms with Gasteiger partial charge in [0.2, 0.25) is 0 Å². The fraction of sp³-hybridized carbons (Fsp3) is 0.533. The summed E-state index contributed by atoms with van der Waals surface area (Å²) in [7, 11) is 0. The van der Waals surface area contributed by atoms with Gasteiger partial charge in [-0.05, 0) is 37.0 Å². The second-order valence-corrected chi connectivity index (χ2v) is 5.19. The molecule has 2 N–H and O–H groups in total. The van der Waals surface area contributed by atoms with E-state index in [9.17, 15) is 5.11 Å². The van der Waals surface area contributed by atoms with Crippen LogP contribution in [0, 0.1) is 17.2 Å². The molecule has 2 atom stereocenters. The van der Waals surface area contributed by atoms with Crippen molar-refractivity contribution in [3.63, 3.8) is 0 Å². The summed E-state index contributed by atoms with van der Waals surface area (Å²) in [5.41, 5.74) is 1.46. The van der Waals surface area contributed by atoms with E-state index in [1.165, 1.54) is 0 Å². The molecule has 0 bridgehead atoms. The normalized spacial score (nSPS) is 14.2. The maximum absolute atomic E-state index is 10.0. The number of nitrogens with one attached hydrogen (secondary N) is 1. The van der Waals surface area contributed by atoms with E-state index >= 15 is 0 Å². The lowest BCUT2D eigenvalue weighted by Crippen LogP contribution is -2.31. The average Bonchev–Trinajstić information content (AvgIpc) is 2.35. The molecule has 0 radical (unpaired) electrons. The number of rotatable bonds is 6. The minimum absolute atomic E-state index is 0.401. The first-order chi connectivity index (χ1) is 8.52. The van der Waals surface area contributed by atoms with Crippen LogP contribution in [-0.2, 0) is 0 Å². The van der Waals surface area contributed by atoms with Gasteiger partial charge in [-0.1, -0.05) is 26.0 Å². The van der Waals surface area contributed by atoms with E-state index in [-0.39, 0.29) is 0 Å². The lowest BCUT2D eigenvalue weighted by atomic mass is 10.0. The molecule has 0 aliphatic rings. The lowest BCUT2D eigenvalue weighted by Gasteiger charge is -2.18. The minimum Gasteiger partial charge on any atom is -0.387 e. The van der Waals surface area contributed by atoms with Gasteiger partial charge in [0, 0.05) is 12.6 Å². The van der Waals surface area contributed by atoms with Gasteiger partial charge in [0.05, 0.1) is 17.7 Å². The fourth-order valence-electron chi connectivity index (χ4n) is 2.00. The minimum atomic E-state index is -0.521. The van der Waals surface area contributed by atoms with Crippen LogP contribution in [-0.4, -0.2) is 17.7 Å². The predicted molar refractivity (Wildman–Crippen MR) is 73.0 cm³/mol. The van der Waals surface area contributed by atoms with Crippen LogP contribution in [0.1, 0.15) is 44.4 Å². The highest BCUT2D eigenvalue weighted by atomic mass is 16.3. The summed E-state index contributed by atoms with van der Waals surface area (Å²) in [6.45, 7) is 7.05. The van der Waals surface area contributed by atoms with Crippen molar-refractivity contribution >= 4 is 0 Å². The molecule has 1 rings (SSSR count). The second kappa shape index (κ2) is 7.15. The lowest BCUT2D eigenvalue weighted by molar-refractivity contribution is 0.169. The van der Waals surface area contributed by atoms with Gasteiger partial charge in [-0.3, -0.25) is 0 Å². The molecule has 0 aromatic heterocycles. The number of hydrogen-bond donors (Lipinski definition) is 2. The van der Waals surface area contributed by atoms with Gasteiger partial charge in [-0.25, -0.2) is 0 Å². The molecule has 0 spiro atoms. The molecule has 0 saturated carbocycles. The third-order valence-electron chi connectivity index (χ3n) is 2.91. The Hall–Kier alpha value is -1.37. The van der Waals surface area contributed by atoms with Crippen LogP contribution in [0.3, 0.4) is 0 Å². The average molecular weight is 246 g/mol. The van der Waals surface area contributed by atoms with Gasteiger partial charge in [-0.15, -0.1) is 0 Å². The summed E-state index contributed by atoms with van der Waals surface area (Å²) in [5, 5.41) is 22.0. The van der Waals surface area contributed by atoms with E-state index < -0.39 is 6.10 Å². The highest BCUT2D eigenvalue weighted by Crippen LogP contribution is 2.13. The number of aliphatic hydroxyl groups excluding tert-OH is 1. The Morgan fingerprint density at radius 3 is 2.33 bits per heavy atom. The van der Waals surface area contributed by atoms with Crippen molar-refractivity contribution in [3.05, 3.63) is 35.4 Å². The van der Waals surface area contributed by atoms with Crippen LogP contribution < -0.4 is 5.32 Å². The van der Waals surface area contributed by atoms with Crippen LogP contribution in [0.5, 0.6) is 0 Å². The molecule has 0 amide bonds. The van der Waals surface area contributed by atoms with Crippen LogP contribution >= 0.6 is 0 Å². The zero-order valence-corrected chi connectivity index (χ0v) is 11.4. The Labute approximate surface area is 109 Å². The molecular weight excluding hydrogens is 224 g/mol. The number of hydrogen-bond acceptors (Lipinski definition) is 3. The summed E-state index contributed by atoms with van der Waals surface area (Å²) in [5.74, 6) is 0.652. The molecular formula is C15H22N2O. The highest BCUT2D eigenvalue weighted by Gasteiger charge is 2.10. The molecule has 0 aliphatic carbocycles. The van der Waals surface area contributed by atoms with Crippen LogP contribution in [0.15, 0.2) is 24.3 Å². The van der Waals surface area contributed by atoms with Crippen molar-refractivity contribution in [3.8, 4) is 6.07 Å². The molecule has 0 fully saturated rings. The first kappa shape index (κ1) is 14.7. The van der Waals surface area contributed by atoms with E-state index in [1.54, 1.807) is 24.3 Å². The summed E-state index contributed by atoms with van der Waals surface area (Å²) in [6.07, 6.45) is 0.576. The molecule has 3 heteroatoms. The maximum atomic E-state index is 10.0. The van der Waals surface area contributed by atoms with Crippen molar-refractivity contribution in [2.24, 2.45) is 5.92 Å². The topological polar surface area (TPSA) is 56.0 Å². The van der Waals surface area contributed by atoms with E-state index in [4.69, 9.17) is 5.26 Å². The summed E-state index contributed by atoms with van der Waals surface area (Å²) >= 11 is 0.